The highest BCUT2D eigenvalue weighted by Crippen LogP contribution is 2.39. The van der Waals surface area contributed by atoms with Crippen LogP contribution in [0.3, 0.4) is 0 Å². The second kappa shape index (κ2) is 5.68. The van der Waals surface area contributed by atoms with Crippen molar-refractivity contribution >= 4 is 0 Å². The van der Waals surface area contributed by atoms with E-state index in [2.05, 4.69) is 44.2 Å². The standard InChI is InChI=1S/C16H25N/c1-3-12(2)15(13-8-5-4-6-9-13)16(17)14-10-7-11-14/h4-6,8-9,12,14-16H,3,7,10-11,17H2,1-2H3. The molecule has 2 N–H and O–H groups in total. The van der Waals surface area contributed by atoms with E-state index >= 15 is 0 Å². The largest absolute Gasteiger partial charge is 0.327 e. The van der Waals surface area contributed by atoms with Gasteiger partial charge in [0.05, 0.1) is 0 Å². The summed E-state index contributed by atoms with van der Waals surface area (Å²) >= 11 is 0. The van der Waals surface area contributed by atoms with E-state index < -0.39 is 0 Å². The molecule has 0 amide bonds. The summed E-state index contributed by atoms with van der Waals surface area (Å²) in [6.07, 6.45) is 5.25. The normalized spacial score (nSPS) is 21.6. The van der Waals surface area contributed by atoms with Crippen molar-refractivity contribution in [2.45, 2.75) is 51.5 Å². The fraction of sp³-hybridized carbons (Fsp3) is 0.625. The van der Waals surface area contributed by atoms with E-state index in [9.17, 15) is 0 Å². The molecule has 0 saturated heterocycles. The first-order valence-corrected chi connectivity index (χ1v) is 7.04. The van der Waals surface area contributed by atoms with Gasteiger partial charge in [0.15, 0.2) is 0 Å². The molecular formula is C16H25N. The monoisotopic (exact) mass is 231 g/mol. The minimum atomic E-state index is 0.348. The highest BCUT2D eigenvalue weighted by molar-refractivity contribution is 5.22. The average Bonchev–Trinajstić information content (AvgIpc) is 2.28. The molecule has 1 heteroatoms. The second-order valence-electron chi connectivity index (χ2n) is 5.59. The summed E-state index contributed by atoms with van der Waals surface area (Å²) < 4.78 is 0. The van der Waals surface area contributed by atoms with E-state index in [1.807, 2.05) is 0 Å². The Morgan fingerprint density at radius 1 is 1.24 bits per heavy atom. The predicted molar refractivity (Wildman–Crippen MR) is 74.0 cm³/mol. The van der Waals surface area contributed by atoms with E-state index in [-0.39, 0.29) is 0 Å². The predicted octanol–water partition coefficient (Wildman–Crippen LogP) is 3.94. The highest BCUT2D eigenvalue weighted by Gasteiger charge is 2.33. The summed E-state index contributed by atoms with van der Waals surface area (Å²) in [5, 5.41) is 0. The Labute approximate surface area is 105 Å². The van der Waals surface area contributed by atoms with Crippen LogP contribution >= 0.6 is 0 Å². The Balaban J connectivity index is 2.18. The van der Waals surface area contributed by atoms with E-state index in [1.165, 1.54) is 31.2 Å². The van der Waals surface area contributed by atoms with Crippen molar-refractivity contribution in [2.75, 3.05) is 0 Å². The third kappa shape index (κ3) is 2.71. The van der Waals surface area contributed by atoms with Gasteiger partial charge in [-0.05, 0) is 30.2 Å². The van der Waals surface area contributed by atoms with Crippen molar-refractivity contribution in [3.05, 3.63) is 35.9 Å². The molecule has 2 rings (SSSR count). The smallest absolute Gasteiger partial charge is 0.0139 e. The van der Waals surface area contributed by atoms with Gasteiger partial charge in [0.2, 0.25) is 0 Å². The van der Waals surface area contributed by atoms with Gasteiger partial charge in [0.25, 0.3) is 0 Å². The molecule has 3 unspecified atom stereocenters. The lowest BCUT2D eigenvalue weighted by atomic mass is 9.69. The molecule has 1 saturated carbocycles. The van der Waals surface area contributed by atoms with Crippen LogP contribution in [0.2, 0.25) is 0 Å². The van der Waals surface area contributed by atoms with Gasteiger partial charge in [-0.3, -0.25) is 0 Å². The summed E-state index contributed by atoms with van der Waals surface area (Å²) in [6.45, 7) is 4.62. The van der Waals surface area contributed by atoms with Crippen LogP contribution in [0.1, 0.15) is 51.0 Å². The third-order valence-electron chi connectivity index (χ3n) is 4.55. The van der Waals surface area contributed by atoms with Gasteiger partial charge in [-0.25, -0.2) is 0 Å². The Bertz CT molecular complexity index is 329. The molecule has 17 heavy (non-hydrogen) atoms. The van der Waals surface area contributed by atoms with E-state index in [1.54, 1.807) is 0 Å². The zero-order chi connectivity index (χ0) is 12.3. The third-order valence-corrected chi connectivity index (χ3v) is 4.55. The molecule has 94 valence electrons. The summed E-state index contributed by atoms with van der Waals surface area (Å²) in [5.41, 5.74) is 7.96. The van der Waals surface area contributed by atoms with E-state index in [4.69, 9.17) is 5.73 Å². The molecule has 3 atom stereocenters. The Hall–Kier alpha value is -0.820. The van der Waals surface area contributed by atoms with Crippen LogP contribution in [0.4, 0.5) is 0 Å². The van der Waals surface area contributed by atoms with Gasteiger partial charge in [0, 0.05) is 12.0 Å². The first kappa shape index (κ1) is 12.6. The number of benzene rings is 1. The van der Waals surface area contributed by atoms with Crippen LogP contribution in [-0.4, -0.2) is 6.04 Å². The Morgan fingerprint density at radius 2 is 1.88 bits per heavy atom. The number of hydrogen-bond acceptors (Lipinski definition) is 1. The molecule has 1 aromatic carbocycles. The Morgan fingerprint density at radius 3 is 2.35 bits per heavy atom. The summed E-state index contributed by atoms with van der Waals surface area (Å²) in [5.74, 6) is 1.97. The maximum absolute atomic E-state index is 6.53. The van der Waals surface area contributed by atoms with Crippen LogP contribution < -0.4 is 5.73 Å². The van der Waals surface area contributed by atoms with Gasteiger partial charge in [-0.2, -0.15) is 0 Å². The summed E-state index contributed by atoms with van der Waals surface area (Å²) in [7, 11) is 0. The molecule has 0 aliphatic heterocycles. The minimum Gasteiger partial charge on any atom is -0.327 e. The summed E-state index contributed by atoms with van der Waals surface area (Å²) in [4.78, 5) is 0. The molecule has 1 aliphatic rings. The topological polar surface area (TPSA) is 26.0 Å². The fourth-order valence-electron chi connectivity index (χ4n) is 2.98. The fourth-order valence-corrected chi connectivity index (χ4v) is 2.98. The van der Waals surface area contributed by atoms with Crippen LogP contribution in [0.25, 0.3) is 0 Å². The maximum Gasteiger partial charge on any atom is 0.0139 e. The van der Waals surface area contributed by atoms with Crippen molar-refractivity contribution < 1.29 is 0 Å². The van der Waals surface area contributed by atoms with Crippen molar-refractivity contribution in [1.29, 1.82) is 0 Å². The van der Waals surface area contributed by atoms with Gasteiger partial charge in [-0.15, -0.1) is 0 Å². The van der Waals surface area contributed by atoms with Gasteiger partial charge in [-0.1, -0.05) is 57.0 Å². The molecule has 0 bridgehead atoms. The zero-order valence-electron chi connectivity index (χ0n) is 11.1. The molecule has 1 aliphatic carbocycles. The van der Waals surface area contributed by atoms with Crippen LogP contribution in [-0.2, 0) is 0 Å². The lowest BCUT2D eigenvalue weighted by Crippen LogP contribution is -2.41. The van der Waals surface area contributed by atoms with Crippen LogP contribution in [0.15, 0.2) is 30.3 Å². The van der Waals surface area contributed by atoms with Gasteiger partial charge >= 0.3 is 0 Å². The van der Waals surface area contributed by atoms with Gasteiger partial charge < -0.3 is 5.73 Å². The van der Waals surface area contributed by atoms with E-state index in [0.717, 1.165) is 5.92 Å². The zero-order valence-corrected chi connectivity index (χ0v) is 11.1. The number of nitrogens with two attached hydrogens (primary N) is 1. The van der Waals surface area contributed by atoms with Crippen LogP contribution in [0, 0.1) is 11.8 Å². The van der Waals surface area contributed by atoms with Crippen molar-refractivity contribution in [1.82, 2.24) is 0 Å². The second-order valence-corrected chi connectivity index (χ2v) is 5.59. The lowest BCUT2D eigenvalue weighted by molar-refractivity contribution is 0.209. The average molecular weight is 231 g/mol. The lowest BCUT2D eigenvalue weighted by Gasteiger charge is -2.39. The first-order chi connectivity index (χ1) is 8.24. The van der Waals surface area contributed by atoms with Crippen molar-refractivity contribution in [3.63, 3.8) is 0 Å². The molecule has 1 nitrogen and oxygen atoms in total. The van der Waals surface area contributed by atoms with Gasteiger partial charge in [0.1, 0.15) is 0 Å². The minimum absolute atomic E-state index is 0.348. The van der Waals surface area contributed by atoms with Crippen molar-refractivity contribution in [2.24, 2.45) is 17.6 Å². The van der Waals surface area contributed by atoms with Crippen molar-refractivity contribution in [3.8, 4) is 0 Å². The quantitative estimate of drug-likeness (QED) is 0.816. The SMILES string of the molecule is CCC(C)C(c1ccccc1)C(N)C1CCC1. The molecule has 0 spiro atoms. The molecular weight excluding hydrogens is 206 g/mol. The number of rotatable bonds is 5. The molecule has 1 fully saturated rings. The Kier molecular flexibility index (Phi) is 4.22. The molecule has 0 heterocycles. The summed E-state index contributed by atoms with van der Waals surface area (Å²) in [6, 6.07) is 11.2. The maximum atomic E-state index is 6.53. The van der Waals surface area contributed by atoms with Crippen LogP contribution in [0.5, 0.6) is 0 Å². The molecule has 0 radical (unpaired) electrons. The number of hydrogen-bond donors (Lipinski definition) is 1. The first-order valence-electron chi connectivity index (χ1n) is 7.04. The molecule has 1 aromatic rings. The highest BCUT2D eigenvalue weighted by atomic mass is 14.7. The van der Waals surface area contributed by atoms with E-state index in [0.29, 0.717) is 17.9 Å². The molecule has 0 aromatic heterocycles.